The lowest BCUT2D eigenvalue weighted by Crippen LogP contribution is -2.25. The first kappa shape index (κ1) is 20.4. The second kappa shape index (κ2) is 8.38. The molecule has 1 aliphatic heterocycles. The van der Waals surface area contributed by atoms with Gasteiger partial charge < -0.3 is 20.3 Å². The summed E-state index contributed by atoms with van der Waals surface area (Å²) in [7, 11) is 0. The van der Waals surface area contributed by atoms with E-state index in [4.69, 9.17) is 0 Å². The molecule has 1 saturated heterocycles. The van der Waals surface area contributed by atoms with Crippen LogP contribution in [-0.4, -0.2) is 31.3 Å². The van der Waals surface area contributed by atoms with E-state index in [2.05, 4.69) is 15.4 Å². The maximum absolute atomic E-state index is 14.3. The molecule has 0 aliphatic carbocycles. The molecule has 0 unspecified atom stereocenters. The maximum Gasteiger partial charge on any atom is 0.573 e. The van der Waals surface area contributed by atoms with Crippen molar-refractivity contribution in [3.05, 3.63) is 48.3 Å². The van der Waals surface area contributed by atoms with E-state index in [9.17, 15) is 27.2 Å². The Morgan fingerprint density at radius 1 is 1.10 bits per heavy atom. The van der Waals surface area contributed by atoms with Crippen LogP contribution in [0.5, 0.6) is 5.75 Å². The average molecular weight is 411 g/mol. The number of nitrogens with one attached hydrogen (secondary N) is 2. The van der Waals surface area contributed by atoms with E-state index in [1.165, 1.54) is 29.2 Å². The van der Waals surface area contributed by atoms with Crippen molar-refractivity contribution in [1.29, 1.82) is 0 Å². The van der Waals surface area contributed by atoms with Gasteiger partial charge in [0.2, 0.25) is 11.8 Å². The van der Waals surface area contributed by atoms with Gasteiger partial charge in [-0.25, -0.2) is 4.39 Å². The lowest BCUT2D eigenvalue weighted by atomic mass is 10.2. The molecule has 0 radical (unpaired) electrons. The Morgan fingerprint density at radius 3 is 2.38 bits per heavy atom. The van der Waals surface area contributed by atoms with E-state index in [0.717, 1.165) is 12.1 Å². The van der Waals surface area contributed by atoms with E-state index in [0.29, 0.717) is 25.1 Å². The number of nitrogens with zero attached hydrogens (tertiary/aromatic N) is 1. The van der Waals surface area contributed by atoms with Crippen LogP contribution in [-0.2, 0) is 9.59 Å². The number of anilines is 3. The number of ether oxygens (including phenoxy) is 1. The maximum atomic E-state index is 14.3. The van der Waals surface area contributed by atoms with Gasteiger partial charge in [-0.3, -0.25) is 9.59 Å². The second-order valence-electron chi connectivity index (χ2n) is 6.29. The van der Waals surface area contributed by atoms with Gasteiger partial charge in [0.15, 0.2) is 0 Å². The Kier molecular flexibility index (Phi) is 5.90. The van der Waals surface area contributed by atoms with E-state index in [-0.39, 0.29) is 23.8 Å². The Morgan fingerprint density at radius 2 is 1.79 bits per heavy atom. The molecule has 0 spiro atoms. The van der Waals surface area contributed by atoms with Gasteiger partial charge >= 0.3 is 6.36 Å². The molecule has 1 heterocycles. The number of carbonyl (C=O) groups is 2. The summed E-state index contributed by atoms with van der Waals surface area (Å²) >= 11 is 0. The van der Waals surface area contributed by atoms with Crippen molar-refractivity contribution >= 4 is 28.9 Å². The first-order chi connectivity index (χ1) is 13.7. The number of alkyl halides is 3. The summed E-state index contributed by atoms with van der Waals surface area (Å²) in [5.74, 6) is -1.59. The van der Waals surface area contributed by atoms with Crippen molar-refractivity contribution in [3.8, 4) is 5.75 Å². The fourth-order valence-corrected chi connectivity index (χ4v) is 2.87. The summed E-state index contributed by atoms with van der Waals surface area (Å²) in [6, 6.07) is 8.89. The smallest absolute Gasteiger partial charge is 0.406 e. The van der Waals surface area contributed by atoms with Gasteiger partial charge in [0.1, 0.15) is 11.6 Å². The quantitative estimate of drug-likeness (QED) is 0.708. The van der Waals surface area contributed by atoms with Gasteiger partial charge in [0.25, 0.3) is 0 Å². The largest absolute Gasteiger partial charge is 0.573 e. The Balaban J connectivity index is 1.53. The zero-order valence-electron chi connectivity index (χ0n) is 15.1. The van der Waals surface area contributed by atoms with Crippen LogP contribution >= 0.6 is 0 Å². The van der Waals surface area contributed by atoms with Gasteiger partial charge in [-0.15, -0.1) is 13.2 Å². The number of hydrogen-bond donors (Lipinski definition) is 2. The summed E-state index contributed by atoms with van der Waals surface area (Å²) in [5.41, 5.74) is 0.825. The van der Waals surface area contributed by atoms with Crippen LogP contribution in [0.1, 0.15) is 12.8 Å². The second-order valence-corrected chi connectivity index (χ2v) is 6.29. The number of amides is 2. The topological polar surface area (TPSA) is 70.7 Å². The third-order valence-electron chi connectivity index (χ3n) is 4.14. The Hall–Kier alpha value is -3.30. The van der Waals surface area contributed by atoms with Crippen molar-refractivity contribution in [2.45, 2.75) is 19.2 Å². The molecule has 154 valence electrons. The highest BCUT2D eigenvalue weighted by Gasteiger charge is 2.31. The number of halogens is 4. The minimum absolute atomic E-state index is 0.129. The van der Waals surface area contributed by atoms with Crippen molar-refractivity contribution in [1.82, 2.24) is 0 Å². The minimum Gasteiger partial charge on any atom is -0.406 e. The molecule has 2 amide bonds. The summed E-state index contributed by atoms with van der Waals surface area (Å²) in [4.78, 5) is 25.1. The van der Waals surface area contributed by atoms with Crippen LogP contribution in [0.3, 0.4) is 0 Å². The van der Waals surface area contributed by atoms with Crippen LogP contribution in [0.4, 0.5) is 34.6 Å². The van der Waals surface area contributed by atoms with E-state index in [1.54, 1.807) is 6.07 Å². The summed E-state index contributed by atoms with van der Waals surface area (Å²) in [5, 5.41) is 5.24. The monoisotopic (exact) mass is 411 g/mol. The fraction of sp³-hybridized carbons (Fsp3) is 0.263. The Labute approximate surface area is 163 Å². The fourth-order valence-electron chi connectivity index (χ4n) is 2.87. The lowest BCUT2D eigenvalue weighted by Gasteiger charge is -2.17. The van der Waals surface area contributed by atoms with Crippen molar-refractivity contribution in [2.24, 2.45) is 0 Å². The van der Waals surface area contributed by atoms with Crippen LogP contribution in [0.25, 0.3) is 0 Å². The van der Waals surface area contributed by atoms with Crippen LogP contribution in [0.2, 0.25) is 0 Å². The van der Waals surface area contributed by atoms with Crippen molar-refractivity contribution in [3.63, 3.8) is 0 Å². The molecule has 1 aliphatic rings. The highest BCUT2D eigenvalue weighted by Crippen LogP contribution is 2.27. The molecule has 1 fully saturated rings. The molecule has 2 aromatic rings. The van der Waals surface area contributed by atoms with Crippen LogP contribution in [0.15, 0.2) is 42.5 Å². The molecule has 0 aromatic heterocycles. The van der Waals surface area contributed by atoms with Gasteiger partial charge in [-0.05, 0) is 48.9 Å². The normalized spacial score (nSPS) is 14.1. The van der Waals surface area contributed by atoms with E-state index in [1.807, 2.05) is 0 Å². The van der Waals surface area contributed by atoms with Gasteiger partial charge in [-0.2, -0.15) is 0 Å². The molecule has 2 N–H and O–H groups in total. The van der Waals surface area contributed by atoms with E-state index >= 15 is 0 Å². The summed E-state index contributed by atoms with van der Waals surface area (Å²) < 4.78 is 54.4. The molecule has 3 rings (SSSR count). The number of rotatable bonds is 6. The highest BCUT2D eigenvalue weighted by molar-refractivity contribution is 5.96. The van der Waals surface area contributed by atoms with Crippen molar-refractivity contribution < 1.29 is 31.9 Å². The summed E-state index contributed by atoms with van der Waals surface area (Å²) in [6.07, 6.45) is -3.72. The standard InChI is InChI=1S/C19H17F4N3O3/c20-15-10-13(5-8-16(15)26-9-1-2-18(26)28)24-11-17(27)25-12-3-6-14(7-4-12)29-19(21,22)23/h3-8,10,24H,1-2,9,11H2,(H,25,27). The minimum atomic E-state index is -4.79. The molecular weight excluding hydrogens is 394 g/mol. The molecule has 10 heteroatoms. The van der Waals surface area contributed by atoms with Gasteiger partial charge in [-0.1, -0.05) is 0 Å². The first-order valence-electron chi connectivity index (χ1n) is 8.71. The third-order valence-corrected chi connectivity index (χ3v) is 4.14. The van der Waals surface area contributed by atoms with Crippen LogP contribution < -0.4 is 20.3 Å². The number of hydrogen-bond acceptors (Lipinski definition) is 4. The highest BCUT2D eigenvalue weighted by atomic mass is 19.4. The first-order valence-corrected chi connectivity index (χ1v) is 8.71. The molecule has 6 nitrogen and oxygen atoms in total. The SMILES string of the molecule is O=C(CNc1ccc(N2CCCC2=O)c(F)c1)Nc1ccc(OC(F)(F)F)cc1. The molecule has 29 heavy (non-hydrogen) atoms. The number of carbonyl (C=O) groups excluding carboxylic acids is 2. The molecule has 0 atom stereocenters. The molecule has 2 aromatic carbocycles. The predicted molar refractivity (Wildman–Crippen MR) is 98.2 cm³/mol. The van der Waals surface area contributed by atoms with E-state index < -0.39 is 23.8 Å². The molecule has 0 saturated carbocycles. The Bertz CT molecular complexity index is 901. The predicted octanol–water partition coefficient (Wildman–Crippen LogP) is 3.90. The summed E-state index contributed by atoms with van der Waals surface area (Å²) in [6.45, 7) is 0.278. The third kappa shape index (κ3) is 5.59. The van der Waals surface area contributed by atoms with Gasteiger partial charge in [0, 0.05) is 24.3 Å². The number of benzene rings is 2. The van der Waals surface area contributed by atoms with Crippen LogP contribution in [0, 0.1) is 5.82 Å². The lowest BCUT2D eigenvalue weighted by molar-refractivity contribution is -0.274. The zero-order valence-corrected chi connectivity index (χ0v) is 15.1. The van der Waals surface area contributed by atoms with Crippen molar-refractivity contribution in [2.75, 3.05) is 28.6 Å². The zero-order chi connectivity index (χ0) is 21.0. The average Bonchev–Trinajstić information content (AvgIpc) is 3.06. The molecule has 0 bridgehead atoms. The van der Waals surface area contributed by atoms with Gasteiger partial charge in [0.05, 0.1) is 12.2 Å². The molecular formula is C19H17F4N3O3.